The van der Waals surface area contributed by atoms with Crippen LogP contribution < -0.4 is 10.3 Å². The van der Waals surface area contributed by atoms with Gasteiger partial charge in [0.1, 0.15) is 6.04 Å². The molecule has 7 nitrogen and oxygen atoms in total. The van der Waals surface area contributed by atoms with Crippen LogP contribution in [0.2, 0.25) is 0 Å². The minimum Gasteiger partial charge on any atom is -0.454 e. The molecule has 2 aromatic carbocycles. The van der Waals surface area contributed by atoms with Gasteiger partial charge in [-0.2, -0.15) is 23.3 Å². The standard InChI is InChI=1S/C24H26F3N3O4/c1-16(29-22(33)23(2,3)4)21(32)34-15-20(31)30(28-14-17-9-6-5-7-10-17)19-12-8-11-18(13-19)24(25,26)27/h5-14,16H,15H2,1-4H3,(H,29,33). The largest absolute Gasteiger partial charge is 0.454 e. The van der Waals surface area contributed by atoms with Gasteiger partial charge >= 0.3 is 12.1 Å². The minimum absolute atomic E-state index is 0.155. The Balaban J connectivity index is 2.20. The number of carbonyl (C=O) groups is 3. The van der Waals surface area contributed by atoms with Gasteiger partial charge in [-0.1, -0.05) is 57.2 Å². The van der Waals surface area contributed by atoms with E-state index >= 15 is 0 Å². The molecule has 0 aromatic heterocycles. The number of esters is 1. The zero-order chi connectivity index (χ0) is 25.5. The number of hydrazone groups is 1. The van der Waals surface area contributed by atoms with Crippen molar-refractivity contribution in [2.75, 3.05) is 11.6 Å². The van der Waals surface area contributed by atoms with Gasteiger partial charge in [-0.15, -0.1) is 0 Å². The van der Waals surface area contributed by atoms with Crippen molar-refractivity contribution in [1.82, 2.24) is 5.32 Å². The van der Waals surface area contributed by atoms with Gasteiger partial charge in [0, 0.05) is 5.41 Å². The highest BCUT2D eigenvalue weighted by atomic mass is 19.4. The van der Waals surface area contributed by atoms with Crippen LogP contribution in [0.5, 0.6) is 0 Å². The molecule has 0 aliphatic rings. The molecule has 0 spiro atoms. The third-order valence-corrected chi connectivity index (χ3v) is 4.50. The fourth-order valence-corrected chi connectivity index (χ4v) is 2.54. The normalized spacial score (nSPS) is 12.8. The number of alkyl halides is 3. The predicted octanol–water partition coefficient (Wildman–Crippen LogP) is 4.17. The maximum absolute atomic E-state index is 13.2. The summed E-state index contributed by atoms with van der Waals surface area (Å²) in [6, 6.07) is 11.6. The van der Waals surface area contributed by atoms with Crippen molar-refractivity contribution >= 4 is 29.7 Å². The summed E-state index contributed by atoms with van der Waals surface area (Å²) >= 11 is 0. The third-order valence-electron chi connectivity index (χ3n) is 4.50. The maximum Gasteiger partial charge on any atom is 0.416 e. The molecule has 0 aliphatic carbocycles. The monoisotopic (exact) mass is 477 g/mol. The molecule has 2 rings (SSSR count). The van der Waals surface area contributed by atoms with E-state index in [-0.39, 0.29) is 11.6 Å². The van der Waals surface area contributed by atoms with Crippen molar-refractivity contribution in [2.24, 2.45) is 10.5 Å². The average Bonchev–Trinajstić information content (AvgIpc) is 2.77. The SMILES string of the molecule is CC(NC(=O)C(C)(C)C)C(=O)OCC(=O)N(N=Cc1ccccc1)c1cccc(C(F)(F)F)c1. The second-order valence-corrected chi connectivity index (χ2v) is 8.46. The molecule has 1 atom stereocenters. The van der Waals surface area contributed by atoms with E-state index in [4.69, 9.17) is 4.74 Å². The molecule has 182 valence electrons. The molecule has 0 saturated heterocycles. The Kier molecular flexibility index (Phi) is 8.56. The Bertz CT molecular complexity index is 1050. The molecule has 1 unspecified atom stereocenters. The first-order valence-corrected chi connectivity index (χ1v) is 10.4. The van der Waals surface area contributed by atoms with Crippen LogP contribution in [0.25, 0.3) is 0 Å². The lowest BCUT2D eigenvalue weighted by molar-refractivity contribution is -0.151. The van der Waals surface area contributed by atoms with Crippen molar-refractivity contribution in [2.45, 2.75) is 39.9 Å². The van der Waals surface area contributed by atoms with Crippen molar-refractivity contribution in [1.29, 1.82) is 0 Å². The highest BCUT2D eigenvalue weighted by molar-refractivity contribution is 5.97. The lowest BCUT2D eigenvalue weighted by Crippen LogP contribution is -2.45. The van der Waals surface area contributed by atoms with Gasteiger partial charge in [-0.05, 0) is 30.7 Å². The topological polar surface area (TPSA) is 88.1 Å². The zero-order valence-corrected chi connectivity index (χ0v) is 19.2. The number of ether oxygens (including phenoxy) is 1. The average molecular weight is 477 g/mol. The van der Waals surface area contributed by atoms with Gasteiger partial charge in [0.25, 0.3) is 5.91 Å². The van der Waals surface area contributed by atoms with Gasteiger partial charge in [0.15, 0.2) is 6.61 Å². The van der Waals surface area contributed by atoms with Gasteiger partial charge < -0.3 is 10.1 Å². The summed E-state index contributed by atoms with van der Waals surface area (Å²) < 4.78 is 44.5. The lowest BCUT2D eigenvalue weighted by Gasteiger charge is -2.22. The molecule has 0 fully saturated rings. The van der Waals surface area contributed by atoms with Gasteiger partial charge in [-0.25, -0.2) is 4.79 Å². The number of hydrogen-bond acceptors (Lipinski definition) is 5. The van der Waals surface area contributed by atoms with Crippen LogP contribution in [0.3, 0.4) is 0 Å². The number of benzene rings is 2. The summed E-state index contributed by atoms with van der Waals surface area (Å²) in [5.74, 6) is -2.14. The number of nitrogens with one attached hydrogen (secondary N) is 1. The Morgan fingerprint density at radius 2 is 1.71 bits per heavy atom. The first kappa shape index (κ1) is 26.6. The summed E-state index contributed by atoms with van der Waals surface area (Å²) in [4.78, 5) is 37.1. The smallest absolute Gasteiger partial charge is 0.416 e. The fourth-order valence-electron chi connectivity index (χ4n) is 2.54. The minimum atomic E-state index is -4.62. The first-order valence-electron chi connectivity index (χ1n) is 10.4. The highest BCUT2D eigenvalue weighted by Gasteiger charge is 2.32. The molecule has 0 heterocycles. The van der Waals surface area contributed by atoms with Crippen molar-refractivity contribution in [3.8, 4) is 0 Å². The van der Waals surface area contributed by atoms with Crippen LogP contribution >= 0.6 is 0 Å². The van der Waals surface area contributed by atoms with Gasteiger partial charge in [0.05, 0.1) is 17.5 Å². The van der Waals surface area contributed by atoms with Crippen LogP contribution in [0.15, 0.2) is 59.7 Å². The van der Waals surface area contributed by atoms with E-state index in [0.29, 0.717) is 5.56 Å². The number of anilines is 1. The molecule has 0 aliphatic heterocycles. The number of hydrogen-bond donors (Lipinski definition) is 1. The molecular formula is C24H26F3N3O4. The second-order valence-electron chi connectivity index (χ2n) is 8.46. The molecular weight excluding hydrogens is 451 g/mol. The number of nitrogens with zero attached hydrogens (tertiary/aromatic N) is 2. The van der Waals surface area contributed by atoms with E-state index in [9.17, 15) is 27.6 Å². The van der Waals surface area contributed by atoms with Crippen molar-refractivity contribution < 1.29 is 32.3 Å². The first-order chi connectivity index (χ1) is 15.8. The summed E-state index contributed by atoms with van der Waals surface area (Å²) in [7, 11) is 0. The molecule has 2 amide bonds. The van der Waals surface area contributed by atoms with Crippen LogP contribution in [0.4, 0.5) is 18.9 Å². The number of amides is 2. The molecule has 0 bridgehead atoms. The van der Waals surface area contributed by atoms with E-state index in [1.54, 1.807) is 51.1 Å². The highest BCUT2D eigenvalue weighted by Crippen LogP contribution is 2.31. The summed E-state index contributed by atoms with van der Waals surface area (Å²) in [6.45, 7) is 5.61. The second kappa shape index (κ2) is 11.0. The van der Waals surface area contributed by atoms with Gasteiger partial charge in [-0.3, -0.25) is 9.59 Å². The number of carbonyl (C=O) groups excluding carboxylic acids is 3. The molecule has 0 saturated carbocycles. The third kappa shape index (κ3) is 7.72. The quantitative estimate of drug-likeness (QED) is 0.368. The lowest BCUT2D eigenvalue weighted by atomic mass is 9.95. The molecule has 0 radical (unpaired) electrons. The Labute approximate surface area is 195 Å². The van der Waals surface area contributed by atoms with Crippen LogP contribution in [-0.2, 0) is 25.3 Å². The van der Waals surface area contributed by atoms with E-state index < -0.39 is 41.7 Å². The molecule has 1 N–H and O–H groups in total. The summed E-state index contributed by atoms with van der Waals surface area (Å²) in [5.41, 5.74) is -1.26. The predicted molar refractivity (Wildman–Crippen MR) is 121 cm³/mol. The zero-order valence-electron chi connectivity index (χ0n) is 19.2. The van der Waals surface area contributed by atoms with E-state index in [2.05, 4.69) is 10.4 Å². The van der Waals surface area contributed by atoms with E-state index in [1.807, 2.05) is 0 Å². The maximum atomic E-state index is 13.2. The number of rotatable bonds is 7. The van der Waals surface area contributed by atoms with Crippen molar-refractivity contribution in [3.63, 3.8) is 0 Å². The van der Waals surface area contributed by atoms with Gasteiger partial charge in [0.2, 0.25) is 5.91 Å². The molecule has 10 heteroatoms. The Morgan fingerprint density at radius 3 is 2.29 bits per heavy atom. The molecule has 34 heavy (non-hydrogen) atoms. The number of halogens is 3. The van der Waals surface area contributed by atoms with E-state index in [0.717, 1.165) is 23.2 Å². The molecule has 2 aromatic rings. The Morgan fingerprint density at radius 1 is 1.06 bits per heavy atom. The Hall–Kier alpha value is -3.69. The van der Waals surface area contributed by atoms with E-state index in [1.165, 1.54) is 19.2 Å². The van der Waals surface area contributed by atoms with Crippen LogP contribution in [0.1, 0.15) is 38.8 Å². The van der Waals surface area contributed by atoms with Crippen LogP contribution in [0, 0.1) is 5.41 Å². The van der Waals surface area contributed by atoms with Crippen LogP contribution in [-0.4, -0.2) is 36.6 Å². The fraction of sp³-hybridized carbons (Fsp3) is 0.333. The summed E-state index contributed by atoms with van der Waals surface area (Å²) in [6.07, 6.45) is -3.33. The van der Waals surface area contributed by atoms with Crippen molar-refractivity contribution in [3.05, 3.63) is 65.7 Å². The summed E-state index contributed by atoms with van der Waals surface area (Å²) in [5, 5.41) is 7.23.